The summed E-state index contributed by atoms with van der Waals surface area (Å²) in [6.45, 7) is 3.73. The summed E-state index contributed by atoms with van der Waals surface area (Å²) < 4.78 is 0. The van der Waals surface area contributed by atoms with Gasteiger partial charge in [-0.25, -0.2) is 0 Å². The molecular formula is C18H16O. The maximum atomic E-state index is 11.4. The lowest BCUT2D eigenvalue weighted by Crippen LogP contribution is -1.95. The van der Waals surface area contributed by atoms with E-state index < -0.39 is 0 Å². The fourth-order valence-corrected chi connectivity index (χ4v) is 2.65. The van der Waals surface area contributed by atoms with Gasteiger partial charge in [0.1, 0.15) is 0 Å². The smallest absolute Gasteiger partial charge is 0.159 e. The molecule has 0 aliphatic heterocycles. The van der Waals surface area contributed by atoms with Crippen LogP contribution in [0.4, 0.5) is 0 Å². The number of Topliss-reactive ketones (excluding diaryl/α,β-unsaturated/α-hetero) is 1. The molecule has 0 aromatic heterocycles. The summed E-state index contributed by atoms with van der Waals surface area (Å²) in [7, 11) is 0. The zero-order valence-corrected chi connectivity index (χ0v) is 11.2. The Morgan fingerprint density at radius 3 is 2.68 bits per heavy atom. The lowest BCUT2D eigenvalue weighted by molar-refractivity contribution is 0.101. The summed E-state index contributed by atoms with van der Waals surface area (Å²) in [5.41, 5.74) is 7.13. The third-order valence-electron chi connectivity index (χ3n) is 3.66. The number of hydrogen-bond donors (Lipinski definition) is 0. The van der Waals surface area contributed by atoms with Gasteiger partial charge < -0.3 is 0 Å². The van der Waals surface area contributed by atoms with Crippen LogP contribution in [0.5, 0.6) is 0 Å². The van der Waals surface area contributed by atoms with Gasteiger partial charge in [0.15, 0.2) is 5.78 Å². The number of fused-ring (bicyclic) bond motifs is 1. The summed E-state index contributed by atoms with van der Waals surface area (Å²) >= 11 is 0. The van der Waals surface area contributed by atoms with Crippen LogP contribution in [0, 0.1) is 6.92 Å². The van der Waals surface area contributed by atoms with Crippen molar-refractivity contribution >= 4 is 11.4 Å². The van der Waals surface area contributed by atoms with Gasteiger partial charge in [0, 0.05) is 5.56 Å². The van der Waals surface area contributed by atoms with E-state index in [9.17, 15) is 4.79 Å². The minimum absolute atomic E-state index is 0.131. The van der Waals surface area contributed by atoms with Crippen LogP contribution in [0.15, 0.2) is 48.5 Å². The number of benzene rings is 2. The van der Waals surface area contributed by atoms with Crippen LogP contribution in [0.25, 0.3) is 5.57 Å². The predicted molar refractivity (Wildman–Crippen MR) is 78.4 cm³/mol. The van der Waals surface area contributed by atoms with Crippen LogP contribution < -0.4 is 0 Å². The third kappa shape index (κ3) is 2.12. The summed E-state index contributed by atoms with van der Waals surface area (Å²) in [6, 6.07) is 14.6. The maximum absolute atomic E-state index is 11.4. The van der Waals surface area contributed by atoms with Crippen molar-refractivity contribution in [2.75, 3.05) is 0 Å². The lowest BCUT2D eigenvalue weighted by Gasteiger charge is -2.08. The maximum Gasteiger partial charge on any atom is 0.159 e. The monoisotopic (exact) mass is 248 g/mol. The summed E-state index contributed by atoms with van der Waals surface area (Å²) in [5.74, 6) is 0.131. The topological polar surface area (TPSA) is 17.1 Å². The molecule has 94 valence electrons. The Hall–Kier alpha value is -2.15. The van der Waals surface area contributed by atoms with Crippen molar-refractivity contribution < 1.29 is 4.79 Å². The number of ketones is 1. The molecule has 1 heteroatoms. The van der Waals surface area contributed by atoms with Crippen LogP contribution in [-0.2, 0) is 6.42 Å². The molecule has 3 rings (SSSR count). The van der Waals surface area contributed by atoms with Gasteiger partial charge in [-0.1, -0.05) is 48.0 Å². The predicted octanol–water partition coefficient (Wildman–Crippen LogP) is 4.19. The molecule has 0 saturated carbocycles. The van der Waals surface area contributed by atoms with Crippen LogP contribution in [0.2, 0.25) is 0 Å². The van der Waals surface area contributed by atoms with E-state index in [1.165, 1.54) is 27.8 Å². The number of allylic oxidation sites excluding steroid dienone is 1. The van der Waals surface area contributed by atoms with Gasteiger partial charge in [0.05, 0.1) is 0 Å². The van der Waals surface area contributed by atoms with E-state index in [0.29, 0.717) is 0 Å². The first-order chi connectivity index (χ1) is 9.15. The molecule has 2 aromatic rings. The van der Waals surface area contributed by atoms with E-state index in [1.807, 2.05) is 12.1 Å². The molecule has 0 unspecified atom stereocenters. The second-order valence-corrected chi connectivity index (χ2v) is 5.12. The molecular weight excluding hydrogens is 232 g/mol. The van der Waals surface area contributed by atoms with E-state index in [1.54, 1.807) is 6.92 Å². The highest BCUT2D eigenvalue weighted by Gasteiger charge is 2.16. The molecule has 0 spiro atoms. The quantitative estimate of drug-likeness (QED) is 0.728. The zero-order chi connectivity index (χ0) is 13.4. The number of carbonyl (C=O) groups excluding carboxylic acids is 1. The summed E-state index contributed by atoms with van der Waals surface area (Å²) in [5, 5.41) is 0. The van der Waals surface area contributed by atoms with Gasteiger partial charge in [-0.2, -0.15) is 0 Å². The molecule has 0 fully saturated rings. The average Bonchev–Trinajstić information content (AvgIpc) is 2.81. The number of carbonyl (C=O) groups is 1. The van der Waals surface area contributed by atoms with Gasteiger partial charge in [-0.3, -0.25) is 4.79 Å². The van der Waals surface area contributed by atoms with Crippen molar-refractivity contribution in [1.29, 1.82) is 0 Å². The highest BCUT2D eigenvalue weighted by molar-refractivity contribution is 5.95. The Morgan fingerprint density at radius 1 is 1.11 bits per heavy atom. The minimum Gasteiger partial charge on any atom is -0.295 e. The van der Waals surface area contributed by atoms with Crippen LogP contribution >= 0.6 is 0 Å². The first-order valence-electron chi connectivity index (χ1n) is 6.56. The zero-order valence-electron chi connectivity index (χ0n) is 11.2. The van der Waals surface area contributed by atoms with Crippen molar-refractivity contribution in [2.45, 2.75) is 20.3 Å². The van der Waals surface area contributed by atoms with E-state index >= 15 is 0 Å². The third-order valence-corrected chi connectivity index (χ3v) is 3.66. The molecule has 0 bridgehead atoms. The van der Waals surface area contributed by atoms with Gasteiger partial charge >= 0.3 is 0 Å². The Kier molecular flexibility index (Phi) is 2.83. The van der Waals surface area contributed by atoms with Crippen molar-refractivity contribution in [3.8, 4) is 0 Å². The van der Waals surface area contributed by atoms with E-state index in [2.05, 4.69) is 43.3 Å². The Bertz CT molecular complexity index is 693. The average molecular weight is 248 g/mol. The molecule has 0 saturated heterocycles. The molecule has 1 aliphatic carbocycles. The largest absolute Gasteiger partial charge is 0.295 e. The number of rotatable bonds is 2. The van der Waals surface area contributed by atoms with Crippen molar-refractivity contribution in [3.63, 3.8) is 0 Å². The molecule has 0 radical (unpaired) electrons. The summed E-state index contributed by atoms with van der Waals surface area (Å²) in [4.78, 5) is 11.4. The second-order valence-electron chi connectivity index (χ2n) is 5.12. The van der Waals surface area contributed by atoms with Gasteiger partial charge in [0.25, 0.3) is 0 Å². The number of hydrogen-bond acceptors (Lipinski definition) is 1. The van der Waals surface area contributed by atoms with Gasteiger partial charge in [-0.05, 0) is 48.6 Å². The molecule has 2 aromatic carbocycles. The van der Waals surface area contributed by atoms with Crippen LogP contribution in [0.1, 0.15) is 39.5 Å². The summed E-state index contributed by atoms with van der Waals surface area (Å²) in [6.07, 6.45) is 3.17. The SMILES string of the molecule is CC(=O)c1ccc2c(c1)CC=C2c1cccc(C)c1. The molecule has 0 heterocycles. The molecule has 1 nitrogen and oxygen atoms in total. The van der Waals surface area contributed by atoms with Crippen molar-refractivity contribution in [1.82, 2.24) is 0 Å². The molecule has 0 atom stereocenters. The fourth-order valence-electron chi connectivity index (χ4n) is 2.65. The minimum atomic E-state index is 0.131. The van der Waals surface area contributed by atoms with Crippen LogP contribution in [-0.4, -0.2) is 5.78 Å². The molecule has 0 amide bonds. The van der Waals surface area contributed by atoms with Crippen molar-refractivity contribution in [2.24, 2.45) is 0 Å². The first kappa shape index (κ1) is 11.9. The van der Waals surface area contributed by atoms with Gasteiger partial charge in [0.2, 0.25) is 0 Å². The second kappa shape index (κ2) is 4.51. The fraction of sp³-hybridized carbons (Fsp3) is 0.167. The number of aryl methyl sites for hydroxylation is 1. The molecule has 1 aliphatic rings. The van der Waals surface area contributed by atoms with Crippen LogP contribution in [0.3, 0.4) is 0 Å². The standard InChI is InChI=1S/C18H16O/c1-12-4-3-5-15(10-12)17-9-7-16-11-14(13(2)19)6-8-18(16)17/h3-6,8-11H,7H2,1-2H3. The van der Waals surface area contributed by atoms with E-state index in [-0.39, 0.29) is 5.78 Å². The Labute approximate surface area is 113 Å². The highest BCUT2D eigenvalue weighted by Crippen LogP contribution is 2.33. The van der Waals surface area contributed by atoms with Gasteiger partial charge in [-0.15, -0.1) is 0 Å². The Balaban J connectivity index is 2.04. The normalized spacial score (nSPS) is 13.1. The molecule has 0 N–H and O–H groups in total. The highest BCUT2D eigenvalue weighted by atomic mass is 16.1. The van der Waals surface area contributed by atoms with E-state index in [0.717, 1.165) is 12.0 Å². The van der Waals surface area contributed by atoms with E-state index in [4.69, 9.17) is 0 Å². The first-order valence-corrected chi connectivity index (χ1v) is 6.56. The molecule has 19 heavy (non-hydrogen) atoms. The Morgan fingerprint density at radius 2 is 1.95 bits per heavy atom. The van der Waals surface area contributed by atoms with Crippen molar-refractivity contribution in [3.05, 3.63) is 76.4 Å². The lowest BCUT2D eigenvalue weighted by atomic mass is 9.96.